The minimum atomic E-state index is -0.385. The van der Waals surface area contributed by atoms with Crippen molar-refractivity contribution >= 4 is 23.3 Å². The average Bonchev–Trinajstić information content (AvgIpc) is 2.35. The third-order valence-corrected chi connectivity index (χ3v) is 3.41. The molecule has 1 aliphatic rings. The summed E-state index contributed by atoms with van der Waals surface area (Å²) in [5.74, 6) is -0.385. The van der Waals surface area contributed by atoms with Gasteiger partial charge in [-0.05, 0) is 38.1 Å². The van der Waals surface area contributed by atoms with E-state index in [1.165, 1.54) is 0 Å². The molecule has 1 heterocycles. The number of hydrogen-bond donors (Lipinski definition) is 1. The second-order valence-corrected chi connectivity index (χ2v) is 5.08. The summed E-state index contributed by atoms with van der Waals surface area (Å²) < 4.78 is 5.46. The fourth-order valence-corrected chi connectivity index (χ4v) is 2.19. The molecule has 0 radical (unpaired) electrons. The number of nitrogens with two attached hydrogens (primary N) is 1. The van der Waals surface area contributed by atoms with Gasteiger partial charge in [0.2, 0.25) is 0 Å². The van der Waals surface area contributed by atoms with Gasteiger partial charge in [0.05, 0.1) is 5.56 Å². The van der Waals surface area contributed by atoms with Crippen LogP contribution < -0.4 is 5.73 Å². The molecule has 1 saturated heterocycles. The molecule has 2 rings (SSSR count). The van der Waals surface area contributed by atoms with Gasteiger partial charge < -0.3 is 15.4 Å². The van der Waals surface area contributed by atoms with Gasteiger partial charge in [-0.1, -0.05) is 11.6 Å². The lowest BCUT2D eigenvalue weighted by Gasteiger charge is -2.28. The van der Waals surface area contributed by atoms with Gasteiger partial charge in [-0.25, -0.2) is 4.79 Å². The van der Waals surface area contributed by atoms with E-state index in [1.807, 2.05) is 0 Å². The minimum absolute atomic E-state index is 0.0212. The molecular formula is C13H17ClN2O2. The number of piperidine rings is 1. The largest absolute Gasteiger partial charge is 0.459 e. The zero-order valence-electron chi connectivity index (χ0n) is 10.4. The van der Waals surface area contributed by atoms with Gasteiger partial charge in [0.1, 0.15) is 6.10 Å². The molecule has 4 nitrogen and oxygen atoms in total. The number of hydrogen-bond acceptors (Lipinski definition) is 4. The maximum Gasteiger partial charge on any atom is 0.340 e. The molecule has 0 amide bonds. The zero-order valence-corrected chi connectivity index (χ0v) is 11.1. The van der Waals surface area contributed by atoms with Crippen molar-refractivity contribution in [1.29, 1.82) is 0 Å². The van der Waals surface area contributed by atoms with E-state index >= 15 is 0 Å². The van der Waals surface area contributed by atoms with Crippen LogP contribution in [0.15, 0.2) is 18.2 Å². The predicted octanol–water partition coefficient (Wildman–Crippen LogP) is 2.17. The molecule has 0 atom stereocenters. The number of esters is 1. The van der Waals surface area contributed by atoms with Crippen molar-refractivity contribution in [1.82, 2.24) is 4.90 Å². The molecule has 0 aliphatic carbocycles. The van der Waals surface area contributed by atoms with Crippen LogP contribution in [-0.4, -0.2) is 37.1 Å². The predicted molar refractivity (Wildman–Crippen MR) is 71.8 cm³/mol. The van der Waals surface area contributed by atoms with Crippen LogP contribution in [0.2, 0.25) is 5.02 Å². The van der Waals surface area contributed by atoms with Crippen molar-refractivity contribution in [2.75, 3.05) is 25.9 Å². The number of carbonyl (C=O) groups is 1. The number of halogens is 1. The number of anilines is 1. The average molecular weight is 269 g/mol. The van der Waals surface area contributed by atoms with E-state index < -0.39 is 0 Å². The molecule has 1 aromatic carbocycles. The van der Waals surface area contributed by atoms with E-state index in [0.29, 0.717) is 16.3 Å². The highest BCUT2D eigenvalue weighted by Gasteiger charge is 2.22. The minimum Gasteiger partial charge on any atom is -0.459 e. The Balaban J connectivity index is 2.01. The molecule has 0 saturated carbocycles. The fourth-order valence-electron chi connectivity index (χ4n) is 2.02. The standard InChI is InChI=1S/C13H17ClN2O2/c1-16-6-4-10(5-7-16)18-13(17)11-8-9(14)2-3-12(11)15/h2-3,8,10H,4-7,15H2,1H3. The number of likely N-dealkylation sites (tertiary alicyclic amines) is 1. The van der Waals surface area contributed by atoms with Crippen molar-refractivity contribution in [3.8, 4) is 0 Å². The Bertz CT molecular complexity index is 443. The molecule has 5 heteroatoms. The topological polar surface area (TPSA) is 55.6 Å². The summed E-state index contributed by atoms with van der Waals surface area (Å²) in [4.78, 5) is 14.2. The highest BCUT2D eigenvalue weighted by Crippen LogP contribution is 2.21. The van der Waals surface area contributed by atoms with Gasteiger partial charge in [0.25, 0.3) is 0 Å². The van der Waals surface area contributed by atoms with E-state index in [9.17, 15) is 4.79 Å². The van der Waals surface area contributed by atoms with Crippen molar-refractivity contribution in [2.45, 2.75) is 18.9 Å². The fraction of sp³-hybridized carbons (Fsp3) is 0.462. The monoisotopic (exact) mass is 268 g/mol. The normalized spacial score (nSPS) is 17.7. The number of carbonyl (C=O) groups excluding carboxylic acids is 1. The smallest absolute Gasteiger partial charge is 0.340 e. The molecule has 1 fully saturated rings. The maximum atomic E-state index is 12.0. The van der Waals surface area contributed by atoms with Crippen LogP contribution in [-0.2, 0) is 4.74 Å². The Morgan fingerprint density at radius 2 is 2.11 bits per heavy atom. The first-order valence-electron chi connectivity index (χ1n) is 6.01. The van der Waals surface area contributed by atoms with Gasteiger partial charge in [-0.2, -0.15) is 0 Å². The van der Waals surface area contributed by atoms with Crippen molar-refractivity contribution in [3.63, 3.8) is 0 Å². The highest BCUT2D eigenvalue weighted by atomic mass is 35.5. The van der Waals surface area contributed by atoms with Crippen LogP contribution in [0.1, 0.15) is 23.2 Å². The molecule has 0 bridgehead atoms. The second-order valence-electron chi connectivity index (χ2n) is 4.64. The summed E-state index contributed by atoms with van der Waals surface area (Å²) in [6, 6.07) is 4.82. The summed E-state index contributed by atoms with van der Waals surface area (Å²) in [5.41, 5.74) is 6.50. The van der Waals surface area contributed by atoms with Crippen LogP contribution in [0.25, 0.3) is 0 Å². The number of nitrogen functional groups attached to an aromatic ring is 1. The summed E-state index contributed by atoms with van der Waals surface area (Å²) >= 11 is 5.85. The van der Waals surface area contributed by atoms with Crippen LogP contribution in [0.5, 0.6) is 0 Å². The Morgan fingerprint density at radius 1 is 1.44 bits per heavy atom. The summed E-state index contributed by atoms with van der Waals surface area (Å²) in [6.07, 6.45) is 1.71. The Morgan fingerprint density at radius 3 is 2.78 bits per heavy atom. The molecule has 0 aromatic heterocycles. The first-order valence-corrected chi connectivity index (χ1v) is 6.38. The van der Waals surface area contributed by atoms with Gasteiger partial charge >= 0.3 is 5.97 Å². The van der Waals surface area contributed by atoms with Crippen LogP contribution in [0.4, 0.5) is 5.69 Å². The quantitative estimate of drug-likeness (QED) is 0.660. The second kappa shape index (κ2) is 5.59. The van der Waals surface area contributed by atoms with E-state index in [4.69, 9.17) is 22.1 Å². The lowest BCUT2D eigenvalue weighted by atomic mass is 10.1. The molecule has 18 heavy (non-hydrogen) atoms. The molecule has 98 valence electrons. The molecule has 0 unspecified atom stereocenters. The van der Waals surface area contributed by atoms with Gasteiger partial charge in [-0.3, -0.25) is 0 Å². The first-order chi connectivity index (χ1) is 8.56. The Labute approximate surface area is 112 Å². The molecular weight excluding hydrogens is 252 g/mol. The molecule has 1 aromatic rings. The van der Waals surface area contributed by atoms with E-state index in [0.717, 1.165) is 25.9 Å². The maximum absolute atomic E-state index is 12.0. The summed E-state index contributed by atoms with van der Waals surface area (Å²) in [7, 11) is 2.06. The molecule has 2 N–H and O–H groups in total. The number of benzene rings is 1. The summed E-state index contributed by atoms with van der Waals surface area (Å²) in [6.45, 7) is 1.89. The number of rotatable bonds is 2. The van der Waals surface area contributed by atoms with Gasteiger partial charge in [-0.15, -0.1) is 0 Å². The van der Waals surface area contributed by atoms with Crippen LogP contribution in [0, 0.1) is 0 Å². The highest BCUT2D eigenvalue weighted by molar-refractivity contribution is 6.31. The first kappa shape index (κ1) is 13.2. The Hall–Kier alpha value is -1.26. The summed E-state index contributed by atoms with van der Waals surface area (Å²) in [5, 5.41) is 0.486. The van der Waals surface area contributed by atoms with Crippen molar-refractivity contribution < 1.29 is 9.53 Å². The molecule has 0 spiro atoms. The third-order valence-electron chi connectivity index (χ3n) is 3.17. The lowest BCUT2D eigenvalue weighted by Crippen LogP contribution is -2.35. The number of ether oxygens (including phenoxy) is 1. The van der Waals surface area contributed by atoms with Gasteiger partial charge in [0.15, 0.2) is 0 Å². The van der Waals surface area contributed by atoms with Crippen LogP contribution in [0.3, 0.4) is 0 Å². The zero-order chi connectivity index (χ0) is 13.1. The van der Waals surface area contributed by atoms with Crippen LogP contribution >= 0.6 is 11.6 Å². The Kier molecular flexibility index (Phi) is 4.09. The SMILES string of the molecule is CN1CCC(OC(=O)c2cc(Cl)ccc2N)CC1. The third kappa shape index (κ3) is 3.15. The van der Waals surface area contributed by atoms with E-state index in [-0.39, 0.29) is 12.1 Å². The number of nitrogens with zero attached hydrogens (tertiary/aromatic N) is 1. The van der Waals surface area contributed by atoms with Gasteiger partial charge in [0, 0.05) is 23.8 Å². The lowest BCUT2D eigenvalue weighted by molar-refractivity contribution is 0.0140. The van der Waals surface area contributed by atoms with Crippen molar-refractivity contribution in [2.24, 2.45) is 0 Å². The van der Waals surface area contributed by atoms with E-state index in [1.54, 1.807) is 18.2 Å². The van der Waals surface area contributed by atoms with Crippen molar-refractivity contribution in [3.05, 3.63) is 28.8 Å². The van der Waals surface area contributed by atoms with E-state index in [2.05, 4.69) is 11.9 Å². The molecule has 1 aliphatic heterocycles.